The van der Waals surface area contributed by atoms with E-state index in [4.69, 9.17) is 0 Å². The monoisotopic (exact) mass is 799 g/mol. The molecule has 57 heavy (non-hydrogen) atoms. The Bertz CT molecular complexity index is 1480. The van der Waals surface area contributed by atoms with Gasteiger partial charge in [0.1, 0.15) is 18.1 Å². The predicted molar refractivity (Wildman–Crippen MR) is 221 cm³/mol. The van der Waals surface area contributed by atoms with Crippen LogP contribution < -0.4 is 21.3 Å². The molecule has 11 nitrogen and oxygen atoms in total. The van der Waals surface area contributed by atoms with Crippen LogP contribution >= 0.6 is 0 Å². The van der Waals surface area contributed by atoms with Crippen molar-refractivity contribution in [3.8, 4) is 0 Å². The number of amides is 5. The quantitative estimate of drug-likeness (QED) is 0.0924. The molecule has 5 amide bonds. The highest BCUT2D eigenvalue weighted by atomic mass is 19.1. The number of fused-ring (bicyclic) bond motifs is 1. The van der Waals surface area contributed by atoms with Crippen LogP contribution in [0.3, 0.4) is 0 Å². The van der Waals surface area contributed by atoms with E-state index in [2.05, 4.69) is 55.5 Å². The van der Waals surface area contributed by atoms with Gasteiger partial charge in [0.2, 0.25) is 30.0 Å². The molecule has 6 aliphatic rings. The molecule has 4 aliphatic carbocycles. The Labute approximate surface area is 342 Å². The van der Waals surface area contributed by atoms with Crippen molar-refractivity contribution in [2.45, 2.75) is 201 Å². The highest BCUT2D eigenvalue weighted by Gasteiger charge is 2.85. The van der Waals surface area contributed by atoms with Crippen LogP contribution in [0.2, 0.25) is 0 Å². The lowest BCUT2D eigenvalue weighted by molar-refractivity contribution is -0.144. The van der Waals surface area contributed by atoms with E-state index in [-0.39, 0.29) is 51.8 Å². The van der Waals surface area contributed by atoms with E-state index < -0.39 is 35.9 Å². The number of alkyl halides is 1. The summed E-state index contributed by atoms with van der Waals surface area (Å²) in [5.74, 6) is -1.11. The van der Waals surface area contributed by atoms with E-state index in [9.17, 15) is 28.4 Å². The molecule has 0 bridgehead atoms. The topological polar surface area (TPSA) is 140 Å². The fraction of sp³-hybridized carbons (Fsp3) is 0.844. The van der Waals surface area contributed by atoms with E-state index in [1.807, 2.05) is 32.6 Å². The molecule has 1 unspecified atom stereocenters. The van der Waals surface area contributed by atoms with Crippen molar-refractivity contribution in [3.05, 3.63) is 12.2 Å². The van der Waals surface area contributed by atoms with Crippen LogP contribution in [0.1, 0.15) is 158 Å². The number of nitrogens with one attached hydrogen (secondary N) is 4. The normalized spacial score (nSPS) is 28.3. The van der Waals surface area contributed by atoms with Gasteiger partial charge < -0.3 is 26.2 Å². The minimum absolute atomic E-state index is 0.0182. The van der Waals surface area contributed by atoms with Gasteiger partial charge in [-0.05, 0) is 107 Å². The molecule has 2 spiro atoms. The number of rotatable bonds is 14. The number of hydrogen-bond acceptors (Lipinski definition) is 6. The van der Waals surface area contributed by atoms with Crippen LogP contribution in [-0.2, 0) is 24.0 Å². The van der Waals surface area contributed by atoms with Crippen LogP contribution in [-0.4, -0.2) is 95.5 Å². The Morgan fingerprint density at radius 1 is 0.912 bits per heavy atom. The number of hydrogen-bond donors (Lipinski definition) is 4. The van der Waals surface area contributed by atoms with E-state index in [1.54, 1.807) is 4.90 Å². The second kappa shape index (κ2) is 18.1. The second-order valence-electron chi connectivity index (χ2n) is 20.2. The number of halogens is 1. The maximum Gasteiger partial charge on any atom is 0.248 e. The first-order valence-corrected chi connectivity index (χ1v) is 22.4. The first kappa shape index (κ1) is 45.1. The van der Waals surface area contributed by atoms with E-state index in [0.717, 1.165) is 90.0 Å². The fourth-order valence-electron chi connectivity index (χ4n) is 11.1. The minimum Gasteiger partial charge on any atom is -0.350 e. The zero-order valence-electron chi connectivity index (χ0n) is 36.4. The summed E-state index contributed by atoms with van der Waals surface area (Å²) in [6, 6.07) is -2.32. The lowest BCUT2D eigenvalue weighted by Crippen LogP contribution is -2.61. The van der Waals surface area contributed by atoms with E-state index in [1.165, 1.54) is 6.42 Å². The molecule has 6 fully saturated rings. The van der Waals surface area contributed by atoms with Gasteiger partial charge in [0.15, 0.2) is 6.30 Å². The third-order valence-electron chi connectivity index (χ3n) is 15.1. The number of carbonyl (C=O) groups excluding carboxylic acids is 5. The minimum atomic E-state index is -0.898. The molecular weight excluding hydrogens is 724 g/mol. The predicted octanol–water partition coefficient (Wildman–Crippen LogP) is 6.31. The first-order valence-electron chi connectivity index (χ1n) is 22.4. The zero-order chi connectivity index (χ0) is 41.9. The second-order valence-corrected chi connectivity index (χ2v) is 20.2. The summed E-state index contributed by atoms with van der Waals surface area (Å²) < 4.78 is 13.0. The molecule has 6 atom stereocenters. The molecular formula is C45H75FN6O5. The molecule has 4 N–H and O–H groups in total. The standard InChI is InChI=1S/C37H59N5O5.C8H16FN/c1-8-13-26(23(2)30(44)39-25-16-17-25)40-31(45)27-20-37(35(6,7)36(37)18-12-19-36)21-42(27)33(47)29(34(3,4)5)41-32(46)28(38-22-43)24-14-10-9-11-15-24;1-7(2)10-6-4-3-5-8(10)9/h22,24-29H,2,8-21H2,1,3-7H3,(H,38,43)(H,39,44)(H,40,45)(H,41,46);7-8H,3-6H2,1-2H3/t26-,27-,28?,29+,37+;8-/m00/s1. The zero-order valence-corrected chi connectivity index (χ0v) is 36.4. The summed E-state index contributed by atoms with van der Waals surface area (Å²) in [4.78, 5) is 71.1. The number of nitrogens with zero attached hydrogens (tertiary/aromatic N) is 2. The third-order valence-corrected chi connectivity index (χ3v) is 15.1. The Morgan fingerprint density at radius 3 is 2.05 bits per heavy atom. The number of carbonyl (C=O) groups is 5. The van der Waals surface area contributed by atoms with Crippen LogP contribution in [0, 0.1) is 27.6 Å². The lowest BCUT2D eigenvalue weighted by atomic mass is 9.73. The van der Waals surface area contributed by atoms with Crippen LogP contribution in [0.5, 0.6) is 0 Å². The van der Waals surface area contributed by atoms with Gasteiger partial charge in [0.05, 0.1) is 6.04 Å². The summed E-state index contributed by atoms with van der Waals surface area (Å²) in [6.45, 7) is 21.9. The van der Waals surface area contributed by atoms with Crippen molar-refractivity contribution in [2.24, 2.45) is 27.6 Å². The van der Waals surface area contributed by atoms with Gasteiger partial charge in [-0.25, -0.2) is 4.39 Å². The highest BCUT2D eigenvalue weighted by Crippen LogP contribution is 2.88. The lowest BCUT2D eigenvalue weighted by Gasteiger charge is -2.37. The summed E-state index contributed by atoms with van der Waals surface area (Å²) in [6.07, 6.45) is 14.8. The molecule has 0 radical (unpaired) electrons. The Balaban J connectivity index is 0.000000540. The molecule has 2 saturated heterocycles. The number of likely N-dealkylation sites (tertiary alicyclic amines) is 2. The van der Waals surface area contributed by atoms with Crippen molar-refractivity contribution in [3.63, 3.8) is 0 Å². The van der Waals surface area contributed by atoms with Gasteiger partial charge in [-0.2, -0.15) is 0 Å². The molecule has 2 heterocycles. The van der Waals surface area contributed by atoms with Gasteiger partial charge in [0, 0.05) is 36.2 Å². The Hall–Kier alpha value is -3.02. The van der Waals surface area contributed by atoms with Crippen molar-refractivity contribution >= 4 is 30.0 Å². The first-order chi connectivity index (χ1) is 26.9. The van der Waals surface area contributed by atoms with Crippen molar-refractivity contribution in [1.29, 1.82) is 0 Å². The molecule has 322 valence electrons. The van der Waals surface area contributed by atoms with Crippen molar-refractivity contribution < 1.29 is 28.4 Å². The summed E-state index contributed by atoms with van der Waals surface area (Å²) in [7, 11) is 0. The van der Waals surface area contributed by atoms with Crippen LogP contribution in [0.4, 0.5) is 4.39 Å². The van der Waals surface area contributed by atoms with Gasteiger partial charge >= 0.3 is 0 Å². The highest BCUT2D eigenvalue weighted by molar-refractivity contribution is 5.97. The van der Waals surface area contributed by atoms with Gasteiger partial charge in [-0.3, -0.25) is 28.9 Å². The maximum atomic E-state index is 14.8. The third kappa shape index (κ3) is 9.25. The SMILES string of the molecule is C=C(C(=O)NC1CC1)[C@H](CCC)NC(=O)[C@@H]1C[C@@]2(CN1C(=O)[C@@H](NC(=O)C(NC=O)C1CCCCC1)C(C)(C)C)C(C)(C)C21CCC1.CC(C)N1CCCC[C@H]1F. The fourth-order valence-corrected chi connectivity index (χ4v) is 11.1. The van der Waals surface area contributed by atoms with Gasteiger partial charge in [-0.1, -0.05) is 80.2 Å². The van der Waals surface area contributed by atoms with Crippen molar-refractivity contribution in [2.75, 3.05) is 13.1 Å². The summed E-state index contributed by atoms with van der Waals surface area (Å²) >= 11 is 0. The molecule has 6 rings (SSSR count). The molecule has 0 aromatic heterocycles. The number of piperidine rings is 1. The molecule has 12 heteroatoms. The maximum absolute atomic E-state index is 14.8. The van der Waals surface area contributed by atoms with E-state index in [0.29, 0.717) is 37.4 Å². The van der Waals surface area contributed by atoms with Gasteiger partial charge in [-0.15, -0.1) is 0 Å². The van der Waals surface area contributed by atoms with Crippen LogP contribution in [0.25, 0.3) is 0 Å². The van der Waals surface area contributed by atoms with E-state index >= 15 is 0 Å². The molecule has 0 aromatic carbocycles. The average molecular weight is 799 g/mol. The Kier molecular flexibility index (Phi) is 14.3. The van der Waals surface area contributed by atoms with Crippen molar-refractivity contribution in [1.82, 2.24) is 31.1 Å². The Morgan fingerprint density at radius 2 is 1.56 bits per heavy atom. The summed E-state index contributed by atoms with van der Waals surface area (Å²) in [5, 5.41) is 11.9. The molecule has 2 aliphatic heterocycles. The molecule has 4 saturated carbocycles. The van der Waals surface area contributed by atoms with Gasteiger partial charge in [0.25, 0.3) is 0 Å². The largest absolute Gasteiger partial charge is 0.350 e. The molecule has 0 aromatic rings. The average Bonchev–Trinajstić information content (AvgIpc) is 3.97. The summed E-state index contributed by atoms with van der Waals surface area (Å²) in [5.41, 5.74) is -0.425. The van der Waals surface area contributed by atoms with Crippen LogP contribution in [0.15, 0.2) is 12.2 Å². The smallest absolute Gasteiger partial charge is 0.248 e.